The van der Waals surface area contributed by atoms with Crippen LogP contribution in [0.5, 0.6) is 0 Å². The first-order chi connectivity index (χ1) is 8.54. The molecule has 1 N–H and O–H groups in total. The van der Waals surface area contributed by atoms with Gasteiger partial charge >= 0.3 is 0 Å². The molecule has 98 valence electrons. The molecule has 0 spiro atoms. The molecule has 1 rings (SSSR count). The van der Waals surface area contributed by atoms with Gasteiger partial charge in [0.1, 0.15) is 5.82 Å². The fourth-order valence-corrected chi connectivity index (χ4v) is 1.65. The molecule has 1 aromatic heterocycles. The molecule has 0 radical (unpaired) electrons. The van der Waals surface area contributed by atoms with Crippen molar-refractivity contribution < 1.29 is 4.79 Å². The van der Waals surface area contributed by atoms with Gasteiger partial charge in [0, 0.05) is 26.3 Å². The van der Waals surface area contributed by atoms with Crippen molar-refractivity contribution in [1.29, 1.82) is 0 Å². The average Bonchev–Trinajstić information content (AvgIpc) is 2.35. The molecule has 0 saturated carbocycles. The van der Waals surface area contributed by atoms with E-state index in [9.17, 15) is 4.79 Å². The zero-order chi connectivity index (χ0) is 13.5. The lowest BCUT2D eigenvalue weighted by Gasteiger charge is -2.20. The summed E-state index contributed by atoms with van der Waals surface area (Å²) >= 11 is 0. The van der Waals surface area contributed by atoms with Crippen LogP contribution in [0, 0.1) is 5.92 Å². The number of hydrogen-bond donors (Lipinski definition) is 1. The van der Waals surface area contributed by atoms with Gasteiger partial charge in [0.15, 0.2) is 0 Å². The molecule has 0 saturated heterocycles. The lowest BCUT2D eigenvalue weighted by Crippen LogP contribution is -2.25. The van der Waals surface area contributed by atoms with Gasteiger partial charge in [-0.15, -0.1) is 6.58 Å². The Kier molecular flexibility index (Phi) is 5.36. The number of anilines is 1. The van der Waals surface area contributed by atoms with Gasteiger partial charge in [0.2, 0.25) is 0 Å². The van der Waals surface area contributed by atoms with Crippen LogP contribution in [-0.2, 0) is 0 Å². The maximum Gasteiger partial charge on any atom is 0.253 e. The molecule has 1 aromatic rings. The molecule has 0 fully saturated rings. The van der Waals surface area contributed by atoms with Gasteiger partial charge in [0.05, 0.1) is 5.56 Å². The monoisotopic (exact) mass is 247 g/mol. The van der Waals surface area contributed by atoms with Crippen LogP contribution < -0.4 is 10.2 Å². The fourth-order valence-electron chi connectivity index (χ4n) is 1.65. The maximum atomic E-state index is 11.6. The first kappa shape index (κ1) is 14.2. The third-order valence-corrected chi connectivity index (χ3v) is 2.45. The molecule has 0 unspecified atom stereocenters. The molecule has 4 heteroatoms. The van der Waals surface area contributed by atoms with Crippen molar-refractivity contribution in [2.75, 3.05) is 25.0 Å². The smallest absolute Gasteiger partial charge is 0.253 e. The molecule has 1 amide bonds. The SMILES string of the molecule is C=CCNC(=O)c1ccc(N(C)CC(C)C)nc1. The Morgan fingerprint density at radius 3 is 2.78 bits per heavy atom. The van der Waals surface area contributed by atoms with Crippen molar-refractivity contribution in [2.24, 2.45) is 5.92 Å². The van der Waals surface area contributed by atoms with E-state index in [1.807, 2.05) is 13.1 Å². The van der Waals surface area contributed by atoms with Crippen LogP contribution in [-0.4, -0.2) is 31.0 Å². The predicted octanol–water partition coefficient (Wildman–Crippen LogP) is 2.09. The zero-order valence-corrected chi connectivity index (χ0v) is 11.3. The number of nitrogens with one attached hydrogen (secondary N) is 1. The summed E-state index contributed by atoms with van der Waals surface area (Å²) in [5, 5.41) is 2.72. The van der Waals surface area contributed by atoms with E-state index in [1.165, 1.54) is 0 Å². The van der Waals surface area contributed by atoms with E-state index in [1.54, 1.807) is 18.3 Å². The number of pyridine rings is 1. The molecule has 0 bridgehead atoms. The van der Waals surface area contributed by atoms with E-state index in [4.69, 9.17) is 0 Å². The van der Waals surface area contributed by atoms with E-state index in [0.29, 0.717) is 18.0 Å². The number of rotatable bonds is 6. The maximum absolute atomic E-state index is 11.6. The van der Waals surface area contributed by atoms with Gasteiger partial charge < -0.3 is 10.2 Å². The number of hydrogen-bond acceptors (Lipinski definition) is 3. The number of aromatic nitrogens is 1. The van der Waals surface area contributed by atoms with Crippen LogP contribution in [0.3, 0.4) is 0 Å². The van der Waals surface area contributed by atoms with Gasteiger partial charge in [-0.05, 0) is 18.1 Å². The summed E-state index contributed by atoms with van der Waals surface area (Å²) in [6.07, 6.45) is 3.25. The molecule has 0 atom stereocenters. The molecule has 1 heterocycles. The minimum absolute atomic E-state index is 0.125. The Labute approximate surface area is 109 Å². The van der Waals surface area contributed by atoms with E-state index in [2.05, 4.69) is 35.6 Å². The third kappa shape index (κ3) is 4.20. The van der Waals surface area contributed by atoms with Gasteiger partial charge in [0.25, 0.3) is 5.91 Å². The average molecular weight is 247 g/mol. The number of amides is 1. The second-order valence-electron chi connectivity index (χ2n) is 4.68. The second kappa shape index (κ2) is 6.79. The molecule has 18 heavy (non-hydrogen) atoms. The molecule has 4 nitrogen and oxygen atoms in total. The minimum Gasteiger partial charge on any atom is -0.359 e. The van der Waals surface area contributed by atoms with Gasteiger partial charge in [-0.1, -0.05) is 19.9 Å². The molecule has 0 aromatic carbocycles. The topological polar surface area (TPSA) is 45.2 Å². The Bertz CT molecular complexity index is 398. The van der Waals surface area contributed by atoms with Crippen molar-refractivity contribution in [3.05, 3.63) is 36.5 Å². The Balaban J connectivity index is 2.67. The number of carbonyl (C=O) groups excluding carboxylic acids is 1. The Morgan fingerprint density at radius 2 is 2.28 bits per heavy atom. The molecule has 0 aliphatic heterocycles. The van der Waals surface area contributed by atoms with Crippen molar-refractivity contribution in [3.8, 4) is 0 Å². The van der Waals surface area contributed by atoms with Gasteiger partial charge in [-0.3, -0.25) is 4.79 Å². The molecule has 0 aliphatic carbocycles. The summed E-state index contributed by atoms with van der Waals surface area (Å²) in [4.78, 5) is 18.0. The summed E-state index contributed by atoms with van der Waals surface area (Å²) in [6, 6.07) is 3.66. The largest absolute Gasteiger partial charge is 0.359 e. The molecule has 0 aliphatic rings. The predicted molar refractivity (Wildman–Crippen MR) is 74.9 cm³/mol. The van der Waals surface area contributed by atoms with Crippen LogP contribution in [0.1, 0.15) is 24.2 Å². The van der Waals surface area contributed by atoms with E-state index >= 15 is 0 Å². The molecular weight excluding hydrogens is 226 g/mol. The summed E-state index contributed by atoms with van der Waals surface area (Å²) in [6.45, 7) is 9.28. The van der Waals surface area contributed by atoms with Crippen molar-refractivity contribution >= 4 is 11.7 Å². The first-order valence-corrected chi connectivity index (χ1v) is 6.11. The highest BCUT2D eigenvalue weighted by Gasteiger charge is 2.07. The summed E-state index contributed by atoms with van der Waals surface area (Å²) < 4.78 is 0. The number of nitrogens with zero attached hydrogens (tertiary/aromatic N) is 2. The highest BCUT2D eigenvalue weighted by molar-refractivity contribution is 5.94. The van der Waals surface area contributed by atoms with E-state index in [0.717, 1.165) is 12.4 Å². The number of carbonyl (C=O) groups is 1. The highest BCUT2D eigenvalue weighted by Crippen LogP contribution is 2.11. The van der Waals surface area contributed by atoms with Crippen LogP contribution in [0.15, 0.2) is 31.0 Å². The van der Waals surface area contributed by atoms with Crippen LogP contribution in [0.25, 0.3) is 0 Å². The minimum atomic E-state index is -0.125. The Morgan fingerprint density at radius 1 is 1.56 bits per heavy atom. The fraction of sp³-hybridized carbons (Fsp3) is 0.429. The van der Waals surface area contributed by atoms with E-state index in [-0.39, 0.29) is 5.91 Å². The van der Waals surface area contributed by atoms with Crippen molar-refractivity contribution in [3.63, 3.8) is 0 Å². The van der Waals surface area contributed by atoms with Gasteiger partial charge in [-0.2, -0.15) is 0 Å². The quantitative estimate of drug-likeness (QED) is 0.783. The summed E-state index contributed by atoms with van der Waals surface area (Å²) in [7, 11) is 2.00. The summed E-state index contributed by atoms with van der Waals surface area (Å²) in [5.74, 6) is 1.33. The first-order valence-electron chi connectivity index (χ1n) is 6.11. The van der Waals surface area contributed by atoms with Crippen molar-refractivity contribution in [1.82, 2.24) is 10.3 Å². The lowest BCUT2D eigenvalue weighted by atomic mass is 10.2. The third-order valence-electron chi connectivity index (χ3n) is 2.45. The highest BCUT2D eigenvalue weighted by atomic mass is 16.1. The van der Waals surface area contributed by atoms with E-state index < -0.39 is 0 Å². The standard InChI is InChI=1S/C14H21N3O/c1-5-8-15-14(18)12-6-7-13(16-9-12)17(4)10-11(2)3/h5-7,9,11H,1,8,10H2,2-4H3,(H,15,18). The van der Waals surface area contributed by atoms with Crippen LogP contribution >= 0.6 is 0 Å². The Hall–Kier alpha value is -1.84. The second-order valence-corrected chi connectivity index (χ2v) is 4.68. The lowest BCUT2D eigenvalue weighted by molar-refractivity contribution is 0.0957. The summed E-state index contributed by atoms with van der Waals surface area (Å²) in [5.41, 5.74) is 0.568. The normalized spacial score (nSPS) is 10.2. The zero-order valence-electron chi connectivity index (χ0n) is 11.3. The van der Waals surface area contributed by atoms with Crippen LogP contribution in [0.2, 0.25) is 0 Å². The molecular formula is C14H21N3O. The van der Waals surface area contributed by atoms with Crippen LogP contribution in [0.4, 0.5) is 5.82 Å². The van der Waals surface area contributed by atoms with Gasteiger partial charge in [-0.25, -0.2) is 4.98 Å². The van der Waals surface area contributed by atoms with Crippen molar-refractivity contribution in [2.45, 2.75) is 13.8 Å².